The number of benzene rings is 1. The number of para-hydroxylation sites is 1. The number of furan rings is 1. The lowest BCUT2D eigenvalue weighted by atomic mass is 9.90. The van der Waals surface area contributed by atoms with Crippen LogP contribution in [0.25, 0.3) is 11.0 Å². The van der Waals surface area contributed by atoms with Gasteiger partial charge in [0.2, 0.25) is 0 Å². The van der Waals surface area contributed by atoms with Crippen molar-refractivity contribution in [2.75, 3.05) is 20.1 Å². The summed E-state index contributed by atoms with van der Waals surface area (Å²) in [6.07, 6.45) is 2.58. The van der Waals surface area contributed by atoms with Gasteiger partial charge in [-0.05, 0) is 64.9 Å². The van der Waals surface area contributed by atoms with Crippen LogP contribution >= 0.6 is 0 Å². The summed E-state index contributed by atoms with van der Waals surface area (Å²) in [4.78, 5) is 2.42. The second kappa shape index (κ2) is 6.20. The Kier molecular flexibility index (Phi) is 4.32. The summed E-state index contributed by atoms with van der Waals surface area (Å²) in [5.74, 6) is 1.81. The quantitative estimate of drug-likeness (QED) is 0.926. The fourth-order valence-corrected chi connectivity index (χ4v) is 3.36. The van der Waals surface area contributed by atoms with E-state index in [1.165, 1.54) is 31.3 Å². The molecule has 2 atom stereocenters. The van der Waals surface area contributed by atoms with E-state index < -0.39 is 0 Å². The van der Waals surface area contributed by atoms with Crippen LogP contribution in [0.1, 0.15) is 38.5 Å². The van der Waals surface area contributed by atoms with Gasteiger partial charge in [0.1, 0.15) is 11.3 Å². The highest BCUT2D eigenvalue weighted by Gasteiger charge is 2.24. The molecule has 0 aliphatic carbocycles. The Hall–Kier alpha value is -1.32. The van der Waals surface area contributed by atoms with E-state index in [0.29, 0.717) is 6.04 Å². The maximum Gasteiger partial charge on any atom is 0.134 e. The average Bonchev–Trinajstić information content (AvgIpc) is 2.92. The minimum atomic E-state index is 0.257. The van der Waals surface area contributed by atoms with Crippen LogP contribution in [0.5, 0.6) is 0 Å². The van der Waals surface area contributed by atoms with Crippen molar-refractivity contribution in [2.45, 2.75) is 38.8 Å². The molecule has 1 aliphatic heterocycles. The first-order chi connectivity index (χ1) is 10.1. The van der Waals surface area contributed by atoms with Crippen molar-refractivity contribution in [1.29, 1.82) is 0 Å². The molecular formula is C18H26N2O. The standard InChI is InChI=1S/C18H26N2O/c1-13(15-8-10-20(3)11-9-15)19-14(2)18-12-16-6-4-5-7-17(16)21-18/h4-7,12-15,19H,8-11H2,1-3H3. The molecule has 1 aromatic heterocycles. The van der Waals surface area contributed by atoms with Gasteiger partial charge in [0.05, 0.1) is 6.04 Å². The summed E-state index contributed by atoms with van der Waals surface area (Å²) in [6.45, 7) is 6.95. The smallest absolute Gasteiger partial charge is 0.134 e. The molecule has 1 aliphatic rings. The summed E-state index contributed by atoms with van der Waals surface area (Å²) in [5, 5.41) is 4.92. The van der Waals surface area contributed by atoms with Crippen LogP contribution in [0.2, 0.25) is 0 Å². The Balaban J connectivity index is 1.63. The van der Waals surface area contributed by atoms with Gasteiger partial charge in [0, 0.05) is 11.4 Å². The van der Waals surface area contributed by atoms with Crippen LogP contribution in [0.4, 0.5) is 0 Å². The molecule has 2 unspecified atom stereocenters. The fraction of sp³-hybridized carbons (Fsp3) is 0.556. The molecule has 3 nitrogen and oxygen atoms in total. The Morgan fingerprint density at radius 3 is 2.62 bits per heavy atom. The van der Waals surface area contributed by atoms with Crippen LogP contribution in [-0.2, 0) is 0 Å². The summed E-state index contributed by atoms with van der Waals surface area (Å²) in [5.41, 5.74) is 0.980. The van der Waals surface area contributed by atoms with Crippen LogP contribution in [0.3, 0.4) is 0 Å². The molecule has 3 heteroatoms. The monoisotopic (exact) mass is 286 g/mol. The van der Waals surface area contributed by atoms with Crippen molar-refractivity contribution in [2.24, 2.45) is 5.92 Å². The first kappa shape index (κ1) is 14.6. The van der Waals surface area contributed by atoms with E-state index in [2.05, 4.69) is 49.3 Å². The van der Waals surface area contributed by atoms with Gasteiger partial charge >= 0.3 is 0 Å². The lowest BCUT2D eigenvalue weighted by molar-refractivity contribution is 0.183. The van der Waals surface area contributed by atoms with Crippen molar-refractivity contribution >= 4 is 11.0 Å². The third-order valence-electron chi connectivity index (χ3n) is 4.85. The normalized spacial score (nSPS) is 20.7. The highest BCUT2D eigenvalue weighted by molar-refractivity contribution is 5.77. The zero-order chi connectivity index (χ0) is 14.8. The third kappa shape index (κ3) is 3.30. The van der Waals surface area contributed by atoms with E-state index in [9.17, 15) is 0 Å². The summed E-state index contributed by atoms with van der Waals surface area (Å²) in [7, 11) is 2.21. The third-order valence-corrected chi connectivity index (χ3v) is 4.85. The summed E-state index contributed by atoms with van der Waals surface area (Å²) in [6, 6.07) is 11.2. The van der Waals surface area contributed by atoms with Crippen LogP contribution in [0, 0.1) is 5.92 Å². The Labute approximate surface area is 127 Å². The number of hydrogen-bond acceptors (Lipinski definition) is 3. The van der Waals surface area contributed by atoms with E-state index in [4.69, 9.17) is 4.42 Å². The average molecular weight is 286 g/mol. The number of rotatable bonds is 4. The lowest BCUT2D eigenvalue weighted by Gasteiger charge is -2.34. The van der Waals surface area contributed by atoms with E-state index in [1.54, 1.807) is 0 Å². The van der Waals surface area contributed by atoms with Gasteiger partial charge in [-0.1, -0.05) is 18.2 Å². The van der Waals surface area contributed by atoms with Gasteiger partial charge in [0.25, 0.3) is 0 Å². The second-order valence-electron chi connectivity index (χ2n) is 6.50. The molecule has 1 N–H and O–H groups in total. The van der Waals surface area contributed by atoms with E-state index in [1.807, 2.05) is 12.1 Å². The van der Waals surface area contributed by atoms with Gasteiger partial charge in [0.15, 0.2) is 0 Å². The molecule has 1 aromatic carbocycles. The van der Waals surface area contributed by atoms with Gasteiger partial charge in [-0.2, -0.15) is 0 Å². The molecule has 0 bridgehead atoms. The molecule has 114 valence electrons. The van der Waals surface area contributed by atoms with Crippen LogP contribution < -0.4 is 5.32 Å². The van der Waals surface area contributed by atoms with Crippen molar-refractivity contribution in [1.82, 2.24) is 10.2 Å². The predicted molar refractivity (Wildman–Crippen MR) is 87.4 cm³/mol. The summed E-state index contributed by atoms with van der Waals surface area (Å²) >= 11 is 0. The zero-order valence-electron chi connectivity index (χ0n) is 13.3. The first-order valence-corrected chi connectivity index (χ1v) is 8.06. The number of fused-ring (bicyclic) bond motifs is 1. The van der Waals surface area contributed by atoms with Crippen molar-refractivity contribution in [3.8, 4) is 0 Å². The highest BCUT2D eigenvalue weighted by atomic mass is 16.3. The molecule has 3 rings (SSSR count). The molecule has 0 radical (unpaired) electrons. The largest absolute Gasteiger partial charge is 0.459 e. The molecule has 21 heavy (non-hydrogen) atoms. The van der Waals surface area contributed by atoms with Gasteiger partial charge in [-0.15, -0.1) is 0 Å². The van der Waals surface area contributed by atoms with Gasteiger partial charge in [-0.25, -0.2) is 0 Å². The Morgan fingerprint density at radius 1 is 1.19 bits per heavy atom. The SMILES string of the molecule is CC(NC(C)C1CCN(C)CC1)c1cc2ccccc2o1. The minimum Gasteiger partial charge on any atom is -0.459 e. The zero-order valence-corrected chi connectivity index (χ0v) is 13.3. The topological polar surface area (TPSA) is 28.4 Å². The predicted octanol–water partition coefficient (Wildman–Crippen LogP) is 3.81. The van der Waals surface area contributed by atoms with Crippen molar-refractivity contribution in [3.63, 3.8) is 0 Å². The Morgan fingerprint density at radius 2 is 1.90 bits per heavy atom. The van der Waals surface area contributed by atoms with Crippen LogP contribution in [0.15, 0.2) is 34.7 Å². The fourth-order valence-electron chi connectivity index (χ4n) is 3.36. The van der Waals surface area contributed by atoms with Gasteiger partial charge < -0.3 is 14.6 Å². The number of piperidine rings is 1. The number of nitrogens with zero attached hydrogens (tertiary/aromatic N) is 1. The van der Waals surface area contributed by atoms with E-state index >= 15 is 0 Å². The Bertz CT molecular complexity index is 551. The minimum absolute atomic E-state index is 0.257. The highest BCUT2D eigenvalue weighted by Crippen LogP contribution is 2.26. The molecule has 2 heterocycles. The number of likely N-dealkylation sites (tertiary alicyclic amines) is 1. The molecule has 1 saturated heterocycles. The lowest BCUT2D eigenvalue weighted by Crippen LogP contribution is -2.41. The first-order valence-electron chi connectivity index (χ1n) is 8.06. The van der Waals surface area contributed by atoms with Crippen molar-refractivity contribution in [3.05, 3.63) is 36.1 Å². The van der Waals surface area contributed by atoms with E-state index in [-0.39, 0.29) is 6.04 Å². The molecular weight excluding hydrogens is 260 g/mol. The van der Waals surface area contributed by atoms with Crippen molar-refractivity contribution < 1.29 is 4.42 Å². The maximum atomic E-state index is 5.96. The maximum absolute atomic E-state index is 5.96. The van der Waals surface area contributed by atoms with Gasteiger partial charge in [-0.3, -0.25) is 0 Å². The molecule has 0 amide bonds. The number of hydrogen-bond donors (Lipinski definition) is 1. The molecule has 1 fully saturated rings. The van der Waals surface area contributed by atoms with E-state index in [0.717, 1.165) is 17.3 Å². The summed E-state index contributed by atoms with van der Waals surface area (Å²) < 4.78 is 5.96. The van der Waals surface area contributed by atoms with Crippen LogP contribution in [-0.4, -0.2) is 31.1 Å². The second-order valence-corrected chi connectivity index (χ2v) is 6.50. The number of nitrogens with one attached hydrogen (secondary N) is 1. The molecule has 0 saturated carbocycles. The molecule has 2 aromatic rings. The molecule has 0 spiro atoms.